The van der Waals surface area contributed by atoms with Crippen molar-refractivity contribution in [2.45, 2.75) is 6.42 Å². The largest absolute Gasteiger partial charge is 0.352 e. The first-order valence-electron chi connectivity index (χ1n) is 8.67. The van der Waals surface area contributed by atoms with E-state index in [0.29, 0.717) is 18.5 Å². The van der Waals surface area contributed by atoms with E-state index in [1.807, 2.05) is 53.9 Å². The van der Waals surface area contributed by atoms with Gasteiger partial charge in [0.25, 0.3) is 5.91 Å². The number of hydrogen-bond donors (Lipinski definition) is 1. The topological polar surface area (TPSA) is 42.0 Å². The van der Waals surface area contributed by atoms with E-state index >= 15 is 0 Å². The quantitative estimate of drug-likeness (QED) is 0.528. The maximum absolute atomic E-state index is 13.4. The predicted molar refractivity (Wildman–Crippen MR) is 107 cm³/mol. The van der Waals surface area contributed by atoms with Crippen LogP contribution in [0.5, 0.6) is 0 Å². The highest BCUT2D eigenvalue weighted by atomic mass is 32.1. The molecule has 3 aromatic carbocycles. The van der Waals surface area contributed by atoms with E-state index in [-0.39, 0.29) is 11.7 Å². The minimum Gasteiger partial charge on any atom is -0.352 e. The smallest absolute Gasteiger partial charge is 0.251 e. The van der Waals surface area contributed by atoms with Crippen molar-refractivity contribution in [2.24, 2.45) is 0 Å². The molecular weight excluding hydrogens is 359 g/mol. The zero-order valence-corrected chi connectivity index (χ0v) is 15.3. The summed E-state index contributed by atoms with van der Waals surface area (Å²) >= 11 is 1.48. The number of carbonyl (C=O) groups excluding carboxylic acids is 1. The van der Waals surface area contributed by atoms with Gasteiger partial charge in [0.05, 0.1) is 5.69 Å². The minimum absolute atomic E-state index is 0.0904. The molecule has 0 aliphatic heterocycles. The number of nitrogens with one attached hydrogen (secondary N) is 1. The van der Waals surface area contributed by atoms with Gasteiger partial charge in [-0.1, -0.05) is 48.5 Å². The summed E-state index contributed by atoms with van der Waals surface area (Å²) in [7, 11) is 0. The second kappa shape index (κ2) is 7.68. The first kappa shape index (κ1) is 17.4. The molecule has 0 aliphatic rings. The van der Waals surface area contributed by atoms with Gasteiger partial charge >= 0.3 is 0 Å². The Balaban J connectivity index is 1.41. The monoisotopic (exact) mass is 376 g/mol. The lowest BCUT2D eigenvalue weighted by Gasteiger charge is -2.07. The zero-order valence-electron chi connectivity index (χ0n) is 14.5. The van der Waals surface area contributed by atoms with Crippen LogP contribution in [0, 0.1) is 5.82 Å². The average Bonchev–Trinajstić information content (AvgIpc) is 3.16. The highest BCUT2D eigenvalue weighted by Crippen LogP contribution is 2.24. The summed E-state index contributed by atoms with van der Waals surface area (Å²) < 4.78 is 13.4. The number of aromatic nitrogens is 1. The van der Waals surface area contributed by atoms with Crippen LogP contribution in [0.4, 0.5) is 4.39 Å². The number of halogens is 1. The Morgan fingerprint density at radius 1 is 1.04 bits per heavy atom. The van der Waals surface area contributed by atoms with Crippen LogP contribution in [-0.2, 0) is 6.42 Å². The molecule has 4 rings (SSSR count). The molecule has 0 bridgehead atoms. The molecular formula is C22H17FN2OS. The molecule has 3 nitrogen and oxygen atoms in total. The van der Waals surface area contributed by atoms with Crippen molar-refractivity contribution in [1.29, 1.82) is 0 Å². The van der Waals surface area contributed by atoms with Crippen molar-refractivity contribution in [1.82, 2.24) is 10.3 Å². The second-order valence-electron chi connectivity index (χ2n) is 6.19. The molecule has 0 aliphatic carbocycles. The van der Waals surface area contributed by atoms with Gasteiger partial charge in [0.2, 0.25) is 0 Å². The predicted octanol–water partition coefficient (Wildman–Crippen LogP) is 5.07. The summed E-state index contributed by atoms with van der Waals surface area (Å²) in [4.78, 5) is 17.1. The van der Waals surface area contributed by atoms with Crippen molar-refractivity contribution in [3.8, 4) is 10.6 Å². The zero-order chi connectivity index (χ0) is 18.6. The molecule has 0 atom stereocenters. The number of fused-ring (bicyclic) bond motifs is 1. The molecule has 4 aromatic rings. The SMILES string of the molecule is O=C(NCCc1csc(-c2cccc(F)c2)n1)c1cccc2ccccc12. The van der Waals surface area contributed by atoms with Crippen molar-refractivity contribution < 1.29 is 9.18 Å². The third-order valence-corrected chi connectivity index (χ3v) is 5.26. The lowest BCUT2D eigenvalue weighted by atomic mass is 10.0. The van der Waals surface area contributed by atoms with Crippen LogP contribution in [0.1, 0.15) is 16.1 Å². The molecule has 5 heteroatoms. The maximum Gasteiger partial charge on any atom is 0.251 e. The Hall–Kier alpha value is -3.05. The van der Waals surface area contributed by atoms with Gasteiger partial charge in [0.15, 0.2) is 0 Å². The van der Waals surface area contributed by atoms with E-state index in [1.165, 1.54) is 23.5 Å². The Labute approximate surface area is 160 Å². The number of amides is 1. The van der Waals surface area contributed by atoms with Gasteiger partial charge in [-0.2, -0.15) is 0 Å². The molecule has 27 heavy (non-hydrogen) atoms. The van der Waals surface area contributed by atoms with Gasteiger partial charge in [0.1, 0.15) is 10.8 Å². The molecule has 134 valence electrons. The van der Waals surface area contributed by atoms with Crippen LogP contribution in [0.15, 0.2) is 72.1 Å². The molecule has 1 amide bonds. The van der Waals surface area contributed by atoms with Crippen molar-refractivity contribution >= 4 is 28.0 Å². The lowest BCUT2D eigenvalue weighted by Crippen LogP contribution is -2.25. The van der Waals surface area contributed by atoms with E-state index in [2.05, 4.69) is 10.3 Å². The second-order valence-corrected chi connectivity index (χ2v) is 7.05. The lowest BCUT2D eigenvalue weighted by molar-refractivity contribution is 0.0955. The van der Waals surface area contributed by atoms with E-state index in [0.717, 1.165) is 27.0 Å². The number of hydrogen-bond acceptors (Lipinski definition) is 3. The normalized spacial score (nSPS) is 10.9. The van der Waals surface area contributed by atoms with Crippen molar-refractivity contribution in [3.05, 3.63) is 89.2 Å². The molecule has 0 radical (unpaired) electrons. The first-order valence-corrected chi connectivity index (χ1v) is 9.55. The molecule has 0 unspecified atom stereocenters. The average molecular weight is 376 g/mol. The van der Waals surface area contributed by atoms with E-state index in [4.69, 9.17) is 0 Å². The van der Waals surface area contributed by atoms with E-state index in [9.17, 15) is 9.18 Å². The van der Waals surface area contributed by atoms with Crippen LogP contribution >= 0.6 is 11.3 Å². The molecule has 0 saturated carbocycles. The van der Waals surface area contributed by atoms with Gasteiger partial charge in [-0.15, -0.1) is 11.3 Å². The van der Waals surface area contributed by atoms with Gasteiger partial charge in [-0.05, 0) is 29.0 Å². The highest BCUT2D eigenvalue weighted by Gasteiger charge is 2.10. The number of thiazole rings is 1. The van der Waals surface area contributed by atoms with Crippen LogP contribution < -0.4 is 5.32 Å². The van der Waals surface area contributed by atoms with Crippen molar-refractivity contribution in [2.75, 3.05) is 6.54 Å². The van der Waals surface area contributed by atoms with E-state index < -0.39 is 0 Å². The van der Waals surface area contributed by atoms with Crippen molar-refractivity contribution in [3.63, 3.8) is 0 Å². The third kappa shape index (κ3) is 3.88. The maximum atomic E-state index is 13.4. The van der Waals surface area contributed by atoms with Crippen LogP contribution in [0.3, 0.4) is 0 Å². The molecule has 1 heterocycles. The number of nitrogens with zero attached hydrogens (tertiary/aromatic N) is 1. The molecule has 0 fully saturated rings. The summed E-state index contributed by atoms with van der Waals surface area (Å²) in [6.45, 7) is 0.494. The summed E-state index contributed by atoms with van der Waals surface area (Å²) in [6, 6.07) is 20.0. The summed E-state index contributed by atoms with van der Waals surface area (Å²) in [5, 5.41) is 7.68. The first-order chi connectivity index (χ1) is 13.2. The molecule has 0 saturated heterocycles. The highest BCUT2D eigenvalue weighted by molar-refractivity contribution is 7.13. The fourth-order valence-electron chi connectivity index (χ4n) is 3.00. The number of benzene rings is 3. The summed E-state index contributed by atoms with van der Waals surface area (Å²) in [6.07, 6.45) is 0.627. The number of rotatable bonds is 5. The van der Waals surface area contributed by atoms with Crippen LogP contribution in [0.25, 0.3) is 21.3 Å². The van der Waals surface area contributed by atoms with Gasteiger partial charge in [-0.25, -0.2) is 9.37 Å². The molecule has 0 spiro atoms. The van der Waals surface area contributed by atoms with Crippen LogP contribution in [0.2, 0.25) is 0 Å². The Morgan fingerprint density at radius 2 is 1.85 bits per heavy atom. The fourth-order valence-corrected chi connectivity index (χ4v) is 3.85. The fraction of sp³-hybridized carbons (Fsp3) is 0.0909. The Kier molecular flexibility index (Phi) is 4.94. The Morgan fingerprint density at radius 3 is 2.74 bits per heavy atom. The van der Waals surface area contributed by atoms with E-state index in [1.54, 1.807) is 6.07 Å². The van der Waals surface area contributed by atoms with Gasteiger partial charge in [-0.3, -0.25) is 4.79 Å². The molecule has 1 aromatic heterocycles. The standard InChI is InChI=1S/C22H17FN2OS/c23-17-8-3-7-16(13-17)22-25-18(14-27-22)11-12-24-21(26)20-10-4-6-15-5-1-2-9-19(15)20/h1-10,13-14H,11-12H2,(H,24,26). The number of carbonyl (C=O) groups is 1. The Bertz CT molecular complexity index is 1100. The summed E-state index contributed by atoms with van der Waals surface area (Å²) in [5.74, 6) is -0.362. The van der Waals surface area contributed by atoms with Gasteiger partial charge < -0.3 is 5.32 Å². The van der Waals surface area contributed by atoms with Gasteiger partial charge in [0, 0.05) is 29.5 Å². The third-order valence-electron chi connectivity index (χ3n) is 4.32. The summed E-state index contributed by atoms with van der Waals surface area (Å²) in [5.41, 5.74) is 2.33. The minimum atomic E-state index is -0.272. The van der Waals surface area contributed by atoms with Crippen LogP contribution in [-0.4, -0.2) is 17.4 Å². The molecule has 1 N–H and O–H groups in total.